The Kier molecular flexibility index (Phi) is 7.92. The van der Waals surface area contributed by atoms with Gasteiger partial charge < -0.3 is 14.8 Å². The van der Waals surface area contributed by atoms with Gasteiger partial charge in [-0.15, -0.1) is 24.8 Å². The van der Waals surface area contributed by atoms with Gasteiger partial charge in [0, 0.05) is 50.3 Å². The quantitative estimate of drug-likeness (QED) is 0.735. The first-order valence-corrected chi connectivity index (χ1v) is 9.69. The molecule has 1 N–H and O–H groups in total. The van der Waals surface area contributed by atoms with Crippen LogP contribution in [0, 0.1) is 5.41 Å². The van der Waals surface area contributed by atoms with Crippen molar-refractivity contribution in [1.29, 1.82) is 0 Å². The van der Waals surface area contributed by atoms with Crippen LogP contribution in [0.15, 0.2) is 30.9 Å². The summed E-state index contributed by atoms with van der Waals surface area (Å²) in [6.45, 7) is 6.36. The molecule has 1 aliphatic carbocycles. The molecule has 2 aliphatic rings. The summed E-state index contributed by atoms with van der Waals surface area (Å²) < 4.78 is 3.96. The number of aryl methyl sites for hydroxylation is 2. The SMILES string of the molecule is CCn1ccnc1CN(C(=O)CCn1cccn1)C1CC12CCNCC2.Cl.Cl. The Balaban J connectivity index is 0.00000140. The average Bonchev–Trinajstić information content (AvgIpc) is 3.06. The number of aromatic nitrogens is 4. The van der Waals surface area contributed by atoms with Crippen LogP contribution in [0.5, 0.6) is 0 Å². The highest BCUT2D eigenvalue weighted by Crippen LogP contribution is 2.56. The van der Waals surface area contributed by atoms with E-state index in [9.17, 15) is 4.79 Å². The molecular weight excluding hydrogens is 399 g/mol. The zero-order valence-corrected chi connectivity index (χ0v) is 17.9. The minimum Gasteiger partial charge on any atom is -0.334 e. The number of halogens is 2. The fraction of sp³-hybridized carbons (Fsp3) is 0.632. The Bertz CT molecular complexity index is 741. The Morgan fingerprint density at radius 1 is 1.29 bits per heavy atom. The second-order valence-corrected chi connectivity index (χ2v) is 7.50. The molecule has 1 spiro atoms. The smallest absolute Gasteiger partial charge is 0.225 e. The number of carbonyl (C=O) groups is 1. The van der Waals surface area contributed by atoms with E-state index in [1.165, 1.54) is 12.8 Å². The second-order valence-electron chi connectivity index (χ2n) is 7.50. The highest BCUT2D eigenvalue weighted by atomic mass is 35.5. The Labute approximate surface area is 178 Å². The molecule has 1 unspecified atom stereocenters. The zero-order chi connectivity index (χ0) is 18.0. The van der Waals surface area contributed by atoms with Crippen LogP contribution in [0.2, 0.25) is 0 Å². The van der Waals surface area contributed by atoms with Crippen LogP contribution in [-0.2, 0) is 24.4 Å². The average molecular weight is 429 g/mol. The summed E-state index contributed by atoms with van der Waals surface area (Å²) in [6, 6.07) is 2.25. The molecule has 0 aromatic carbocycles. The van der Waals surface area contributed by atoms with Gasteiger partial charge in [0.05, 0.1) is 6.54 Å². The molecule has 0 bridgehead atoms. The molecule has 7 nitrogen and oxygen atoms in total. The molecule has 156 valence electrons. The number of piperidine rings is 1. The maximum Gasteiger partial charge on any atom is 0.225 e. The van der Waals surface area contributed by atoms with Crippen LogP contribution >= 0.6 is 24.8 Å². The van der Waals surface area contributed by atoms with Gasteiger partial charge in [0.2, 0.25) is 5.91 Å². The number of amides is 1. The summed E-state index contributed by atoms with van der Waals surface area (Å²) in [5.74, 6) is 1.20. The van der Waals surface area contributed by atoms with Gasteiger partial charge in [-0.2, -0.15) is 5.10 Å². The van der Waals surface area contributed by atoms with Crippen molar-refractivity contribution in [3.63, 3.8) is 0 Å². The van der Waals surface area contributed by atoms with E-state index < -0.39 is 0 Å². The fourth-order valence-electron chi connectivity index (χ4n) is 4.32. The van der Waals surface area contributed by atoms with Gasteiger partial charge in [-0.3, -0.25) is 9.48 Å². The molecule has 1 amide bonds. The number of rotatable bonds is 7. The minimum atomic E-state index is 0. The van der Waals surface area contributed by atoms with Gasteiger partial charge in [-0.05, 0) is 50.8 Å². The number of imidazole rings is 1. The highest BCUT2D eigenvalue weighted by molar-refractivity contribution is 5.85. The highest BCUT2D eigenvalue weighted by Gasteiger charge is 2.57. The van der Waals surface area contributed by atoms with E-state index in [1.807, 2.05) is 29.3 Å². The van der Waals surface area contributed by atoms with Crippen LogP contribution in [0.3, 0.4) is 0 Å². The third kappa shape index (κ3) is 4.70. The lowest BCUT2D eigenvalue weighted by Crippen LogP contribution is -2.40. The molecule has 2 aromatic heterocycles. The lowest BCUT2D eigenvalue weighted by Gasteiger charge is -2.29. The molecule has 3 heterocycles. The van der Waals surface area contributed by atoms with E-state index in [1.54, 1.807) is 6.20 Å². The monoisotopic (exact) mass is 428 g/mol. The van der Waals surface area contributed by atoms with Crippen molar-refractivity contribution in [2.24, 2.45) is 5.41 Å². The first kappa shape index (κ1) is 22.7. The molecule has 0 radical (unpaired) electrons. The van der Waals surface area contributed by atoms with Crippen LogP contribution in [0.25, 0.3) is 0 Å². The van der Waals surface area contributed by atoms with Crippen LogP contribution in [0.1, 0.15) is 38.4 Å². The third-order valence-corrected chi connectivity index (χ3v) is 6.01. The van der Waals surface area contributed by atoms with Gasteiger partial charge in [-0.1, -0.05) is 0 Å². The van der Waals surface area contributed by atoms with Crippen LogP contribution in [-0.4, -0.2) is 49.3 Å². The van der Waals surface area contributed by atoms with Gasteiger partial charge >= 0.3 is 0 Å². The van der Waals surface area contributed by atoms with Gasteiger partial charge in [-0.25, -0.2) is 4.98 Å². The van der Waals surface area contributed by atoms with Gasteiger partial charge in [0.1, 0.15) is 5.82 Å². The van der Waals surface area contributed by atoms with E-state index in [4.69, 9.17) is 0 Å². The molecule has 1 atom stereocenters. The predicted octanol–water partition coefficient (Wildman–Crippen LogP) is 2.50. The van der Waals surface area contributed by atoms with Crippen molar-refractivity contribution in [1.82, 2.24) is 29.5 Å². The first-order valence-electron chi connectivity index (χ1n) is 9.69. The predicted molar refractivity (Wildman–Crippen MR) is 113 cm³/mol. The molecular formula is C19H30Cl2N6O. The third-order valence-electron chi connectivity index (χ3n) is 6.01. The summed E-state index contributed by atoms with van der Waals surface area (Å²) >= 11 is 0. The molecule has 2 aromatic rings. The Morgan fingerprint density at radius 3 is 2.75 bits per heavy atom. The molecule has 2 fully saturated rings. The van der Waals surface area contributed by atoms with E-state index in [-0.39, 0.29) is 30.7 Å². The van der Waals surface area contributed by atoms with Gasteiger partial charge in [0.15, 0.2) is 0 Å². The maximum absolute atomic E-state index is 13.1. The number of hydrogen-bond acceptors (Lipinski definition) is 4. The van der Waals surface area contributed by atoms with Crippen molar-refractivity contribution < 1.29 is 4.79 Å². The van der Waals surface area contributed by atoms with E-state index >= 15 is 0 Å². The number of nitrogens with zero attached hydrogens (tertiary/aromatic N) is 5. The summed E-state index contributed by atoms with van der Waals surface area (Å²) in [5, 5.41) is 7.66. The molecule has 1 aliphatic heterocycles. The largest absolute Gasteiger partial charge is 0.334 e. The van der Waals surface area contributed by atoms with Gasteiger partial charge in [0.25, 0.3) is 0 Å². The molecule has 4 rings (SSSR count). The molecule has 1 saturated carbocycles. The summed E-state index contributed by atoms with van der Waals surface area (Å²) in [7, 11) is 0. The van der Waals surface area contributed by atoms with Crippen LogP contribution in [0.4, 0.5) is 0 Å². The molecule has 9 heteroatoms. The second kappa shape index (κ2) is 9.76. The van der Waals surface area contributed by atoms with E-state index in [0.29, 0.717) is 31.0 Å². The van der Waals surface area contributed by atoms with Crippen molar-refractivity contribution in [2.45, 2.75) is 58.3 Å². The Hall–Kier alpha value is -1.57. The summed E-state index contributed by atoms with van der Waals surface area (Å²) in [4.78, 5) is 19.7. The number of hydrogen-bond donors (Lipinski definition) is 1. The zero-order valence-electron chi connectivity index (χ0n) is 16.3. The van der Waals surface area contributed by atoms with E-state index in [2.05, 4.69) is 31.8 Å². The topological polar surface area (TPSA) is 68.0 Å². The maximum atomic E-state index is 13.1. The standard InChI is InChI=1S/C19H28N6O.2ClH/c1-2-23-13-10-21-17(23)15-25(16-14-19(16)5-8-20-9-6-19)18(26)4-12-24-11-3-7-22-24;;/h3,7,10-11,13,16,20H,2,4-6,8-9,12,14-15H2,1H3;2*1H. The summed E-state index contributed by atoms with van der Waals surface area (Å²) in [5.41, 5.74) is 0.330. The van der Waals surface area contributed by atoms with E-state index in [0.717, 1.165) is 31.9 Å². The molecule has 28 heavy (non-hydrogen) atoms. The lowest BCUT2D eigenvalue weighted by molar-refractivity contribution is -0.133. The fourth-order valence-corrected chi connectivity index (χ4v) is 4.32. The van der Waals surface area contributed by atoms with Crippen LogP contribution < -0.4 is 5.32 Å². The minimum absolute atomic E-state index is 0. The lowest BCUT2D eigenvalue weighted by atomic mass is 9.93. The number of carbonyl (C=O) groups excluding carboxylic acids is 1. The van der Waals surface area contributed by atoms with Crippen molar-refractivity contribution >= 4 is 30.7 Å². The van der Waals surface area contributed by atoms with Crippen molar-refractivity contribution in [2.75, 3.05) is 13.1 Å². The summed E-state index contributed by atoms with van der Waals surface area (Å²) in [6.07, 6.45) is 11.4. The van der Waals surface area contributed by atoms with Crippen molar-refractivity contribution in [3.8, 4) is 0 Å². The first-order chi connectivity index (χ1) is 12.7. The number of nitrogens with one attached hydrogen (secondary N) is 1. The van der Waals surface area contributed by atoms with Crippen molar-refractivity contribution in [3.05, 3.63) is 36.7 Å². The molecule has 1 saturated heterocycles. The Morgan fingerprint density at radius 2 is 2.07 bits per heavy atom. The normalized spacial score (nSPS) is 19.5.